The van der Waals surface area contributed by atoms with E-state index in [0.29, 0.717) is 6.07 Å². The first-order chi connectivity index (χ1) is 13.7. The standard InChI is InChI=1S/C20H23F2N3O3S/c1-3-20(26)23-18-13-16(25-8-6-24(2)7-9-25)4-5-19(18)29(27,28)17-11-14(21)10-15(22)12-17/h4-5,10-13H,3,6-9H2,1-2H3,(H,23,26). The Labute approximate surface area is 169 Å². The Balaban J connectivity index is 2.05. The van der Waals surface area contributed by atoms with Crippen LogP contribution in [0.4, 0.5) is 20.2 Å². The Kier molecular flexibility index (Phi) is 6.18. The summed E-state index contributed by atoms with van der Waals surface area (Å²) in [5.74, 6) is -2.34. The number of anilines is 2. The lowest BCUT2D eigenvalue weighted by Crippen LogP contribution is -2.44. The van der Waals surface area contributed by atoms with Crippen LogP contribution in [0.5, 0.6) is 0 Å². The van der Waals surface area contributed by atoms with E-state index in [9.17, 15) is 22.0 Å². The number of hydrogen-bond acceptors (Lipinski definition) is 5. The molecule has 0 aromatic heterocycles. The normalized spacial score (nSPS) is 15.4. The Morgan fingerprint density at radius 2 is 1.66 bits per heavy atom. The van der Waals surface area contributed by atoms with Crippen molar-refractivity contribution in [1.29, 1.82) is 0 Å². The van der Waals surface area contributed by atoms with Crippen LogP contribution in [0.1, 0.15) is 13.3 Å². The molecule has 0 radical (unpaired) electrons. The van der Waals surface area contributed by atoms with Gasteiger partial charge < -0.3 is 15.1 Å². The minimum Gasteiger partial charge on any atom is -0.369 e. The van der Waals surface area contributed by atoms with Crippen LogP contribution in [0.3, 0.4) is 0 Å². The lowest BCUT2D eigenvalue weighted by Gasteiger charge is -2.34. The highest BCUT2D eigenvalue weighted by Crippen LogP contribution is 2.32. The molecular weight excluding hydrogens is 400 g/mol. The minimum atomic E-state index is -4.25. The van der Waals surface area contributed by atoms with Gasteiger partial charge in [0.25, 0.3) is 0 Å². The second kappa shape index (κ2) is 8.46. The van der Waals surface area contributed by atoms with E-state index in [1.807, 2.05) is 7.05 Å². The lowest BCUT2D eigenvalue weighted by molar-refractivity contribution is -0.115. The lowest BCUT2D eigenvalue weighted by atomic mass is 10.2. The molecule has 2 aromatic carbocycles. The fourth-order valence-electron chi connectivity index (χ4n) is 3.16. The maximum atomic E-state index is 13.6. The van der Waals surface area contributed by atoms with Gasteiger partial charge in [0.2, 0.25) is 15.7 Å². The number of hydrogen-bond donors (Lipinski definition) is 1. The number of halogens is 2. The minimum absolute atomic E-state index is 0.0953. The Bertz CT molecular complexity index is 999. The molecule has 3 rings (SSSR count). The van der Waals surface area contributed by atoms with Gasteiger partial charge in [-0.1, -0.05) is 6.92 Å². The van der Waals surface area contributed by atoms with Gasteiger partial charge >= 0.3 is 0 Å². The third kappa shape index (κ3) is 4.73. The molecule has 1 aliphatic heterocycles. The van der Waals surface area contributed by atoms with Gasteiger partial charge in [0.1, 0.15) is 11.6 Å². The van der Waals surface area contributed by atoms with E-state index in [0.717, 1.165) is 44.0 Å². The zero-order valence-corrected chi connectivity index (χ0v) is 17.1. The first kappa shape index (κ1) is 21.2. The molecular formula is C20H23F2N3O3S. The molecule has 2 aromatic rings. The van der Waals surface area contributed by atoms with Crippen molar-refractivity contribution in [1.82, 2.24) is 4.90 Å². The molecule has 29 heavy (non-hydrogen) atoms. The molecule has 1 saturated heterocycles. The van der Waals surface area contributed by atoms with Gasteiger partial charge in [-0.25, -0.2) is 17.2 Å². The molecule has 0 saturated carbocycles. The van der Waals surface area contributed by atoms with E-state index in [1.165, 1.54) is 6.07 Å². The van der Waals surface area contributed by atoms with E-state index in [2.05, 4.69) is 15.1 Å². The highest BCUT2D eigenvalue weighted by atomic mass is 32.2. The molecule has 6 nitrogen and oxygen atoms in total. The molecule has 0 unspecified atom stereocenters. The molecule has 1 heterocycles. The van der Waals surface area contributed by atoms with Crippen molar-refractivity contribution < 1.29 is 22.0 Å². The summed E-state index contributed by atoms with van der Waals surface area (Å²) in [6, 6.07) is 6.75. The number of carbonyl (C=O) groups excluding carboxylic acids is 1. The maximum absolute atomic E-state index is 13.6. The van der Waals surface area contributed by atoms with Gasteiger partial charge in [0, 0.05) is 44.4 Å². The number of carbonyl (C=O) groups is 1. The van der Waals surface area contributed by atoms with Crippen molar-refractivity contribution in [3.05, 3.63) is 48.0 Å². The van der Waals surface area contributed by atoms with Crippen LogP contribution >= 0.6 is 0 Å². The van der Waals surface area contributed by atoms with Gasteiger partial charge in [0.15, 0.2) is 0 Å². The van der Waals surface area contributed by atoms with Crippen LogP contribution in [0, 0.1) is 11.6 Å². The van der Waals surface area contributed by atoms with Gasteiger partial charge in [0.05, 0.1) is 15.5 Å². The van der Waals surface area contributed by atoms with Gasteiger partial charge in [-0.15, -0.1) is 0 Å². The van der Waals surface area contributed by atoms with Crippen LogP contribution in [0.25, 0.3) is 0 Å². The number of amides is 1. The number of rotatable bonds is 5. The molecule has 0 aliphatic carbocycles. The number of sulfone groups is 1. The largest absolute Gasteiger partial charge is 0.369 e. The summed E-state index contributed by atoms with van der Waals surface area (Å²) < 4.78 is 53.3. The summed E-state index contributed by atoms with van der Waals surface area (Å²) >= 11 is 0. The van der Waals surface area contributed by atoms with E-state index < -0.39 is 26.4 Å². The summed E-state index contributed by atoms with van der Waals surface area (Å²) in [5.41, 5.74) is 0.867. The van der Waals surface area contributed by atoms with Crippen molar-refractivity contribution in [2.45, 2.75) is 23.1 Å². The van der Waals surface area contributed by atoms with Crippen molar-refractivity contribution in [2.24, 2.45) is 0 Å². The summed E-state index contributed by atoms with van der Waals surface area (Å²) in [4.78, 5) is 15.6. The quantitative estimate of drug-likeness (QED) is 0.801. The first-order valence-electron chi connectivity index (χ1n) is 9.29. The molecule has 1 N–H and O–H groups in total. The average molecular weight is 423 g/mol. The van der Waals surface area contributed by atoms with E-state index in [-0.39, 0.29) is 22.9 Å². The molecule has 0 bridgehead atoms. The van der Waals surface area contributed by atoms with Crippen LogP contribution in [0.15, 0.2) is 46.2 Å². The van der Waals surface area contributed by atoms with Gasteiger partial charge in [-0.05, 0) is 37.4 Å². The molecule has 1 amide bonds. The van der Waals surface area contributed by atoms with Crippen LogP contribution in [-0.4, -0.2) is 52.5 Å². The summed E-state index contributed by atoms with van der Waals surface area (Å²) in [7, 11) is -2.22. The zero-order valence-electron chi connectivity index (χ0n) is 16.3. The second-order valence-corrected chi connectivity index (χ2v) is 8.90. The predicted molar refractivity (Wildman–Crippen MR) is 107 cm³/mol. The number of benzene rings is 2. The summed E-state index contributed by atoms with van der Waals surface area (Å²) in [5, 5.41) is 2.61. The van der Waals surface area contributed by atoms with Crippen molar-refractivity contribution in [3.8, 4) is 0 Å². The average Bonchev–Trinajstić information content (AvgIpc) is 2.67. The number of nitrogens with one attached hydrogen (secondary N) is 1. The molecule has 156 valence electrons. The van der Waals surface area contributed by atoms with Crippen molar-refractivity contribution in [2.75, 3.05) is 43.4 Å². The SMILES string of the molecule is CCC(=O)Nc1cc(N2CCN(C)CC2)ccc1S(=O)(=O)c1cc(F)cc(F)c1. The van der Waals surface area contributed by atoms with Crippen LogP contribution in [-0.2, 0) is 14.6 Å². The Hall–Kier alpha value is -2.52. The number of nitrogens with zero attached hydrogens (tertiary/aromatic N) is 2. The highest BCUT2D eigenvalue weighted by Gasteiger charge is 2.25. The van der Waals surface area contributed by atoms with E-state index in [4.69, 9.17) is 0 Å². The van der Waals surface area contributed by atoms with Crippen molar-refractivity contribution >= 4 is 27.1 Å². The molecule has 9 heteroatoms. The third-order valence-electron chi connectivity index (χ3n) is 4.86. The Morgan fingerprint density at radius 1 is 1.03 bits per heavy atom. The first-order valence-corrected chi connectivity index (χ1v) is 10.8. The number of piperazine rings is 1. The second-order valence-electron chi connectivity index (χ2n) is 6.98. The summed E-state index contributed by atoms with van der Waals surface area (Å²) in [6.07, 6.45) is 0.160. The van der Waals surface area contributed by atoms with Gasteiger partial charge in [-0.2, -0.15) is 0 Å². The molecule has 0 atom stereocenters. The maximum Gasteiger partial charge on any atom is 0.224 e. The highest BCUT2D eigenvalue weighted by molar-refractivity contribution is 7.91. The summed E-state index contributed by atoms with van der Waals surface area (Å²) in [6.45, 7) is 4.89. The number of likely N-dealkylation sites (N-methyl/N-ethyl adjacent to an activating group) is 1. The van der Waals surface area contributed by atoms with Crippen molar-refractivity contribution in [3.63, 3.8) is 0 Å². The smallest absolute Gasteiger partial charge is 0.224 e. The fourth-order valence-corrected chi connectivity index (χ4v) is 4.60. The molecule has 1 fully saturated rings. The van der Waals surface area contributed by atoms with E-state index in [1.54, 1.807) is 19.1 Å². The fraction of sp³-hybridized carbons (Fsp3) is 0.350. The zero-order chi connectivity index (χ0) is 21.2. The third-order valence-corrected chi connectivity index (χ3v) is 6.65. The molecule has 0 spiro atoms. The van der Waals surface area contributed by atoms with Gasteiger partial charge in [-0.3, -0.25) is 4.79 Å². The predicted octanol–water partition coefficient (Wildman–Crippen LogP) is 2.90. The Morgan fingerprint density at radius 3 is 2.24 bits per heavy atom. The molecule has 1 aliphatic rings. The monoisotopic (exact) mass is 423 g/mol. The van der Waals surface area contributed by atoms with Crippen LogP contribution in [0.2, 0.25) is 0 Å². The topological polar surface area (TPSA) is 69.7 Å². The van der Waals surface area contributed by atoms with Crippen LogP contribution < -0.4 is 10.2 Å². The van der Waals surface area contributed by atoms with E-state index >= 15 is 0 Å².